The molecule has 1 aliphatic rings. The van der Waals surface area contributed by atoms with Crippen LogP contribution in [0.15, 0.2) is 9.81 Å². The molecule has 0 unspecified atom stereocenters. The Morgan fingerprint density at radius 3 is 2.46 bits per heavy atom. The summed E-state index contributed by atoms with van der Waals surface area (Å²) in [7, 11) is 1.42. The summed E-state index contributed by atoms with van der Waals surface area (Å²) in [5, 5.41) is 0. The summed E-state index contributed by atoms with van der Waals surface area (Å²) in [5.41, 5.74) is 0. The van der Waals surface area contributed by atoms with Gasteiger partial charge < -0.3 is 4.18 Å². The highest BCUT2D eigenvalue weighted by Gasteiger charge is 2.34. The Kier molecular flexibility index (Phi) is 3.40. The predicted molar refractivity (Wildman–Crippen MR) is 53.0 cm³/mol. The van der Waals surface area contributed by atoms with E-state index in [1.54, 1.807) is 6.92 Å². The van der Waals surface area contributed by atoms with Crippen molar-refractivity contribution in [3.63, 3.8) is 0 Å². The molecule has 0 aromatic heterocycles. The third-order valence-electron chi connectivity index (χ3n) is 1.48. The molecular weight excluding hydrogens is 210 g/mol. The van der Waals surface area contributed by atoms with Gasteiger partial charge in [-0.25, -0.2) is 0 Å². The lowest BCUT2D eigenvalue weighted by molar-refractivity contribution is -0.135. The second-order valence-corrected chi connectivity index (χ2v) is 3.59. The lowest BCUT2D eigenvalue weighted by Crippen LogP contribution is -2.26. The quantitative estimate of drug-likeness (QED) is 0.433. The first kappa shape index (κ1) is 10.6. The van der Waals surface area contributed by atoms with Gasteiger partial charge in [-0.2, -0.15) is 0 Å². The van der Waals surface area contributed by atoms with Gasteiger partial charge in [-0.05, 0) is 6.92 Å². The van der Waals surface area contributed by atoms with Gasteiger partial charge in [0.15, 0.2) is 0 Å². The summed E-state index contributed by atoms with van der Waals surface area (Å²) < 4.78 is 4.97. The molecule has 0 saturated carbocycles. The van der Waals surface area contributed by atoms with Crippen LogP contribution in [0, 0.1) is 0 Å². The summed E-state index contributed by atoms with van der Waals surface area (Å²) in [6.45, 7) is 2.27. The minimum Gasteiger partial charge on any atom is -0.310 e. The molecule has 0 fully saturated rings. The molecule has 0 atom stereocenters. The molecule has 1 heterocycles. The van der Waals surface area contributed by atoms with Crippen LogP contribution in [0.5, 0.6) is 0 Å². The summed E-state index contributed by atoms with van der Waals surface area (Å²) in [6, 6.07) is 0. The number of thiol groups is 1. The Morgan fingerprint density at radius 2 is 2.08 bits per heavy atom. The van der Waals surface area contributed by atoms with Gasteiger partial charge in [0.1, 0.15) is 4.91 Å². The molecule has 0 spiro atoms. The summed E-state index contributed by atoms with van der Waals surface area (Å²) in [6.07, 6.45) is 0. The SMILES string of the molecule is CCOSC1=C(S)C(=O)N(C)C1=O. The number of carbonyl (C=O) groups excluding carboxylic acids is 2. The van der Waals surface area contributed by atoms with Crippen LogP contribution in [0.1, 0.15) is 6.92 Å². The molecule has 0 saturated heterocycles. The third kappa shape index (κ3) is 1.90. The number of hydrogen-bond acceptors (Lipinski definition) is 5. The van der Waals surface area contributed by atoms with Crippen molar-refractivity contribution < 1.29 is 13.8 Å². The highest BCUT2D eigenvalue weighted by Crippen LogP contribution is 2.31. The van der Waals surface area contributed by atoms with Gasteiger partial charge in [0.25, 0.3) is 11.8 Å². The van der Waals surface area contributed by atoms with Crippen LogP contribution < -0.4 is 0 Å². The molecular formula is C7H9NO3S2. The average Bonchev–Trinajstić information content (AvgIpc) is 2.30. The van der Waals surface area contributed by atoms with Crippen LogP contribution in [-0.4, -0.2) is 30.4 Å². The van der Waals surface area contributed by atoms with Crippen molar-refractivity contribution in [1.82, 2.24) is 4.90 Å². The van der Waals surface area contributed by atoms with Gasteiger partial charge in [-0.3, -0.25) is 14.5 Å². The normalized spacial score (nSPS) is 17.6. The zero-order valence-corrected chi connectivity index (χ0v) is 8.95. The molecule has 1 aliphatic heterocycles. The smallest absolute Gasteiger partial charge is 0.270 e. The number of carbonyl (C=O) groups is 2. The van der Waals surface area contributed by atoms with Gasteiger partial charge in [-0.1, -0.05) is 0 Å². The number of hydrogen-bond donors (Lipinski definition) is 1. The molecule has 2 amide bonds. The van der Waals surface area contributed by atoms with E-state index in [0.29, 0.717) is 6.61 Å². The first-order valence-corrected chi connectivity index (χ1v) is 4.83. The maximum absolute atomic E-state index is 11.3. The lowest BCUT2D eigenvalue weighted by atomic mass is 10.5. The number of rotatable bonds is 3. The van der Waals surface area contributed by atoms with Crippen LogP contribution in [0.3, 0.4) is 0 Å². The molecule has 0 aliphatic carbocycles. The molecule has 4 nitrogen and oxygen atoms in total. The average molecular weight is 219 g/mol. The maximum Gasteiger partial charge on any atom is 0.270 e. The highest BCUT2D eigenvalue weighted by molar-refractivity contribution is 8.00. The Balaban J connectivity index is 2.81. The van der Waals surface area contributed by atoms with E-state index in [2.05, 4.69) is 12.6 Å². The molecule has 1 rings (SSSR count). The van der Waals surface area contributed by atoms with E-state index < -0.39 is 0 Å². The van der Waals surface area contributed by atoms with Gasteiger partial charge in [0, 0.05) is 19.1 Å². The zero-order chi connectivity index (χ0) is 10.0. The Morgan fingerprint density at radius 1 is 1.46 bits per heavy atom. The second-order valence-electron chi connectivity index (χ2n) is 2.34. The number of imide groups is 1. The number of likely N-dealkylation sites (N-methyl/N-ethyl adjacent to an activating group) is 1. The molecule has 0 aromatic rings. The van der Waals surface area contributed by atoms with Gasteiger partial charge in [-0.15, -0.1) is 12.6 Å². The molecule has 13 heavy (non-hydrogen) atoms. The number of amides is 2. The largest absolute Gasteiger partial charge is 0.310 e. The third-order valence-corrected chi connectivity index (χ3v) is 2.95. The van der Waals surface area contributed by atoms with E-state index in [1.807, 2.05) is 0 Å². The minimum atomic E-state index is -0.379. The summed E-state index contributed by atoms with van der Waals surface area (Å²) in [5.74, 6) is -0.732. The van der Waals surface area contributed by atoms with Crippen molar-refractivity contribution in [3.8, 4) is 0 Å². The van der Waals surface area contributed by atoms with E-state index >= 15 is 0 Å². The van der Waals surface area contributed by atoms with Crippen molar-refractivity contribution in [2.24, 2.45) is 0 Å². The molecule has 0 bridgehead atoms. The minimum absolute atomic E-state index is 0.158. The second kappa shape index (κ2) is 4.17. The van der Waals surface area contributed by atoms with Crippen molar-refractivity contribution in [2.75, 3.05) is 13.7 Å². The maximum atomic E-state index is 11.3. The first-order chi connectivity index (χ1) is 6.09. The predicted octanol–water partition coefficient (Wildman–Crippen LogP) is 0.811. The summed E-state index contributed by atoms with van der Waals surface area (Å²) in [4.78, 5) is 24.0. The van der Waals surface area contributed by atoms with E-state index in [9.17, 15) is 9.59 Å². The van der Waals surface area contributed by atoms with Crippen LogP contribution in [0.2, 0.25) is 0 Å². The molecule has 0 aromatic carbocycles. The fourth-order valence-corrected chi connectivity index (χ4v) is 1.76. The lowest BCUT2D eigenvalue weighted by Gasteiger charge is -2.04. The van der Waals surface area contributed by atoms with Crippen molar-refractivity contribution in [1.29, 1.82) is 0 Å². The Hall–Kier alpha value is -0.460. The Labute approximate surface area is 85.9 Å². The fraction of sp³-hybridized carbons (Fsp3) is 0.429. The molecule has 0 radical (unpaired) electrons. The molecule has 6 heteroatoms. The fourth-order valence-electron chi connectivity index (χ4n) is 0.795. The van der Waals surface area contributed by atoms with Crippen LogP contribution in [-0.2, 0) is 13.8 Å². The molecule has 0 N–H and O–H groups in total. The standard InChI is InChI=1S/C7H9NO3S2/c1-3-11-13-5-4(12)6(9)8(2)7(5)10/h12H,3H2,1-2H3. The van der Waals surface area contributed by atoms with Crippen LogP contribution in [0.25, 0.3) is 0 Å². The van der Waals surface area contributed by atoms with Crippen molar-refractivity contribution in [3.05, 3.63) is 9.81 Å². The van der Waals surface area contributed by atoms with Crippen molar-refractivity contribution >= 4 is 36.5 Å². The highest BCUT2D eigenvalue weighted by atomic mass is 32.2. The first-order valence-electron chi connectivity index (χ1n) is 3.64. The van der Waals surface area contributed by atoms with Gasteiger partial charge in [0.05, 0.1) is 11.5 Å². The zero-order valence-electron chi connectivity index (χ0n) is 7.23. The van der Waals surface area contributed by atoms with E-state index in [4.69, 9.17) is 4.18 Å². The summed E-state index contributed by atoms with van der Waals surface area (Å²) >= 11 is 4.84. The van der Waals surface area contributed by atoms with Gasteiger partial charge >= 0.3 is 0 Å². The molecule has 72 valence electrons. The van der Waals surface area contributed by atoms with Crippen LogP contribution in [0.4, 0.5) is 0 Å². The van der Waals surface area contributed by atoms with Crippen molar-refractivity contribution in [2.45, 2.75) is 6.92 Å². The number of nitrogens with zero attached hydrogens (tertiary/aromatic N) is 1. The monoisotopic (exact) mass is 219 g/mol. The van der Waals surface area contributed by atoms with Crippen LogP contribution >= 0.6 is 24.7 Å². The van der Waals surface area contributed by atoms with E-state index in [1.165, 1.54) is 7.05 Å². The van der Waals surface area contributed by atoms with E-state index in [-0.39, 0.29) is 21.6 Å². The topological polar surface area (TPSA) is 46.6 Å². The van der Waals surface area contributed by atoms with E-state index in [0.717, 1.165) is 16.9 Å². The van der Waals surface area contributed by atoms with Gasteiger partial charge in [0.2, 0.25) is 0 Å². The Bertz CT molecular complexity index is 287.